The fourth-order valence-electron chi connectivity index (χ4n) is 0.389. The Bertz CT molecular complexity index is 152. The highest BCUT2D eigenvalue weighted by Gasteiger charge is 2.22. The molecule has 0 saturated heterocycles. The Hall–Kier alpha value is -0.140. The second-order valence-electron chi connectivity index (χ2n) is 1.78. The average molecular weight is 150 g/mol. The number of carbonyl (C=O) groups is 1. The Morgan fingerprint density at radius 3 is 2.22 bits per heavy atom. The van der Waals surface area contributed by atoms with Gasteiger partial charge in [0.25, 0.3) is 7.37 Å². The van der Waals surface area contributed by atoms with Crippen LogP contribution >= 0.6 is 7.37 Å². The van der Waals surface area contributed by atoms with Crippen LogP contribution in [0.25, 0.3) is 0 Å². The van der Waals surface area contributed by atoms with E-state index in [1.54, 1.807) is 6.92 Å². The molecule has 0 bridgehead atoms. The van der Waals surface area contributed by atoms with Crippen molar-refractivity contribution in [3.8, 4) is 0 Å². The van der Waals surface area contributed by atoms with Crippen LogP contribution in [0.15, 0.2) is 0 Å². The van der Waals surface area contributed by atoms with Crippen LogP contribution in [-0.4, -0.2) is 19.3 Å². The summed E-state index contributed by atoms with van der Waals surface area (Å²) in [6.45, 7) is 3.00. The van der Waals surface area contributed by atoms with Gasteiger partial charge >= 0.3 is 0 Å². The Morgan fingerprint density at radius 1 is 1.67 bits per heavy atom. The van der Waals surface area contributed by atoms with Crippen molar-refractivity contribution in [2.75, 3.05) is 13.8 Å². The second kappa shape index (κ2) is 3.14. The van der Waals surface area contributed by atoms with Crippen molar-refractivity contribution in [3.05, 3.63) is 0 Å². The molecule has 0 aromatic rings. The monoisotopic (exact) mass is 150 g/mol. The third kappa shape index (κ3) is 2.29. The highest BCUT2D eigenvalue weighted by molar-refractivity contribution is 7.75. The predicted molar refractivity (Wildman–Crippen MR) is 35.8 cm³/mol. The minimum atomic E-state index is -2.90. The standard InChI is InChI=1S/C5H11O3P/c1-4-5(6)9(3,7)8-2/h4H2,1-3H3. The van der Waals surface area contributed by atoms with Crippen LogP contribution in [0.2, 0.25) is 0 Å². The molecule has 0 rings (SSSR count). The summed E-state index contributed by atoms with van der Waals surface area (Å²) in [6, 6.07) is 0. The fraction of sp³-hybridized carbons (Fsp3) is 0.800. The zero-order valence-electron chi connectivity index (χ0n) is 5.88. The van der Waals surface area contributed by atoms with Gasteiger partial charge in [-0.25, -0.2) is 0 Å². The van der Waals surface area contributed by atoms with Crippen LogP contribution in [-0.2, 0) is 13.9 Å². The van der Waals surface area contributed by atoms with Gasteiger partial charge in [0.1, 0.15) is 0 Å². The lowest BCUT2D eigenvalue weighted by atomic mass is 10.6. The molecule has 0 aliphatic rings. The smallest absolute Gasteiger partial charge is 0.263 e. The molecule has 0 aliphatic carbocycles. The van der Waals surface area contributed by atoms with E-state index in [9.17, 15) is 9.36 Å². The number of rotatable bonds is 3. The molecule has 0 aromatic heterocycles. The second-order valence-corrected chi connectivity index (χ2v) is 4.33. The van der Waals surface area contributed by atoms with Gasteiger partial charge < -0.3 is 4.52 Å². The maximum absolute atomic E-state index is 10.9. The van der Waals surface area contributed by atoms with Crippen LogP contribution in [0, 0.1) is 0 Å². The molecule has 0 aliphatic heterocycles. The molecule has 1 unspecified atom stereocenters. The van der Waals surface area contributed by atoms with Gasteiger partial charge in [0.05, 0.1) is 0 Å². The van der Waals surface area contributed by atoms with Crippen molar-refractivity contribution in [3.63, 3.8) is 0 Å². The molecule has 0 spiro atoms. The maximum Gasteiger partial charge on any atom is 0.263 e. The molecule has 0 saturated carbocycles. The molecule has 0 heterocycles. The first kappa shape index (κ1) is 8.86. The lowest BCUT2D eigenvalue weighted by molar-refractivity contribution is -0.112. The van der Waals surface area contributed by atoms with Crippen molar-refractivity contribution in [2.24, 2.45) is 0 Å². The molecule has 3 nitrogen and oxygen atoms in total. The van der Waals surface area contributed by atoms with Crippen LogP contribution in [0.1, 0.15) is 13.3 Å². The topological polar surface area (TPSA) is 43.4 Å². The molecule has 0 amide bonds. The zero-order valence-corrected chi connectivity index (χ0v) is 6.77. The minimum Gasteiger partial charge on any atom is -0.327 e. The fourth-order valence-corrected chi connectivity index (χ4v) is 1.17. The van der Waals surface area contributed by atoms with E-state index in [-0.39, 0.29) is 11.9 Å². The van der Waals surface area contributed by atoms with Gasteiger partial charge in [-0.15, -0.1) is 0 Å². The number of hydrogen-bond acceptors (Lipinski definition) is 3. The summed E-state index contributed by atoms with van der Waals surface area (Å²) >= 11 is 0. The average Bonchev–Trinajstić information content (AvgIpc) is 1.86. The molecular weight excluding hydrogens is 139 g/mol. The Morgan fingerprint density at radius 2 is 2.11 bits per heavy atom. The van der Waals surface area contributed by atoms with Gasteiger partial charge in [0.15, 0.2) is 0 Å². The molecule has 9 heavy (non-hydrogen) atoms. The Labute approximate surface area is 54.9 Å². The lowest BCUT2D eigenvalue weighted by Crippen LogP contribution is -1.97. The van der Waals surface area contributed by atoms with Crippen molar-refractivity contribution in [1.29, 1.82) is 0 Å². The summed E-state index contributed by atoms with van der Waals surface area (Å²) in [4.78, 5) is 10.7. The first-order valence-electron chi connectivity index (χ1n) is 2.71. The third-order valence-electron chi connectivity index (χ3n) is 1.10. The number of carbonyl (C=O) groups excluding carboxylic acids is 1. The van der Waals surface area contributed by atoms with E-state index < -0.39 is 7.37 Å². The summed E-state index contributed by atoms with van der Waals surface area (Å²) < 4.78 is 15.4. The van der Waals surface area contributed by atoms with Crippen molar-refractivity contribution in [2.45, 2.75) is 13.3 Å². The quantitative estimate of drug-likeness (QED) is 0.572. The van der Waals surface area contributed by atoms with E-state index >= 15 is 0 Å². The first-order valence-corrected chi connectivity index (χ1v) is 4.78. The Kier molecular flexibility index (Phi) is 3.09. The summed E-state index contributed by atoms with van der Waals surface area (Å²) in [5.41, 5.74) is -0.301. The van der Waals surface area contributed by atoms with Crippen LogP contribution in [0.5, 0.6) is 0 Å². The van der Waals surface area contributed by atoms with Gasteiger partial charge in [-0.05, 0) is 0 Å². The van der Waals surface area contributed by atoms with Crippen LogP contribution in [0.4, 0.5) is 0 Å². The van der Waals surface area contributed by atoms with E-state index in [4.69, 9.17) is 0 Å². The summed E-state index contributed by atoms with van der Waals surface area (Å²) in [5.74, 6) is 0. The normalized spacial score (nSPS) is 16.8. The highest BCUT2D eigenvalue weighted by Crippen LogP contribution is 2.43. The molecule has 1 atom stereocenters. The largest absolute Gasteiger partial charge is 0.327 e. The van der Waals surface area contributed by atoms with Crippen LogP contribution < -0.4 is 0 Å². The van der Waals surface area contributed by atoms with E-state index in [1.807, 2.05) is 0 Å². The maximum atomic E-state index is 10.9. The first-order chi connectivity index (χ1) is 4.04. The molecule has 0 aromatic carbocycles. The zero-order chi connectivity index (χ0) is 7.49. The van der Waals surface area contributed by atoms with E-state index in [2.05, 4.69) is 4.52 Å². The summed E-state index contributed by atoms with van der Waals surface area (Å²) in [6.07, 6.45) is 0.279. The molecule has 0 N–H and O–H groups in total. The highest BCUT2D eigenvalue weighted by atomic mass is 31.2. The summed E-state index contributed by atoms with van der Waals surface area (Å²) in [7, 11) is -1.62. The van der Waals surface area contributed by atoms with Gasteiger partial charge in [-0.1, -0.05) is 6.92 Å². The van der Waals surface area contributed by atoms with Crippen molar-refractivity contribution in [1.82, 2.24) is 0 Å². The summed E-state index contributed by atoms with van der Waals surface area (Å²) in [5, 5.41) is 0. The number of hydrogen-bond donors (Lipinski definition) is 0. The van der Waals surface area contributed by atoms with Gasteiger partial charge in [0, 0.05) is 20.2 Å². The van der Waals surface area contributed by atoms with Crippen molar-refractivity contribution >= 4 is 12.9 Å². The van der Waals surface area contributed by atoms with Gasteiger partial charge in [0.2, 0.25) is 5.52 Å². The lowest BCUT2D eigenvalue weighted by Gasteiger charge is -2.05. The molecule has 0 fully saturated rings. The van der Waals surface area contributed by atoms with E-state index in [1.165, 1.54) is 13.8 Å². The predicted octanol–water partition coefficient (Wildman–Crippen LogP) is 1.48. The van der Waals surface area contributed by atoms with Gasteiger partial charge in [-0.3, -0.25) is 9.36 Å². The van der Waals surface area contributed by atoms with E-state index in [0.717, 1.165) is 0 Å². The molecule has 54 valence electrons. The minimum absolute atomic E-state index is 0.279. The van der Waals surface area contributed by atoms with Crippen molar-refractivity contribution < 1.29 is 13.9 Å². The third-order valence-corrected chi connectivity index (χ3v) is 3.02. The SMILES string of the molecule is CCC(=O)P(C)(=O)OC. The van der Waals surface area contributed by atoms with Gasteiger partial charge in [-0.2, -0.15) is 0 Å². The van der Waals surface area contributed by atoms with E-state index in [0.29, 0.717) is 0 Å². The molecule has 4 heteroatoms. The van der Waals surface area contributed by atoms with Crippen LogP contribution in [0.3, 0.4) is 0 Å². The Balaban J connectivity index is 4.16. The molecular formula is C5H11O3P. The molecule has 0 radical (unpaired) electrons.